The summed E-state index contributed by atoms with van der Waals surface area (Å²) in [5, 5.41) is 9.60. The molecular weight excluding hydrogens is 559 g/mol. The summed E-state index contributed by atoms with van der Waals surface area (Å²) in [6, 6.07) is 9.33. The molecule has 0 N–H and O–H groups in total. The van der Waals surface area contributed by atoms with Crippen molar-refractivity contribution in [3.8, 4) is 6.07 Å². The van der Waals surface area contributed by atoms with Crippen LogP contribution in [0.5, 0.6) is 0 Å². The molecule has 242 valence electrons. The first-order chi connectivity index (χ1) is 21.5. The van der Waals surface area contributed by atoms with Crippen LogP contribution in [0.4, 0.5) is 4.39 Å². The minimum Gasteiger partial charge on any atom is -0.368 e. The van der Waals surface area contributed by atoms with E-state index >= 15 is 4.39 Å². The van der Waals surface area contributed by atoms with Crippen molar-refractivity contribution in [3.63, 3.8) is 0 Å². The van der Waals surface area contributed by atoms with Crippen LogP contribution < -0.4 is 0 Å². The number of benzene rings is 1. The molecule has 1 fully saturated rings. The zero-order valence-electron chi connectivity index (χ0n) is 28.8. The number of amides is 1. The van der Waals surface area contributed by atoms with Crippen LogP contribution in [0, 0.1) is 23.1 Å². The van der Waals surface area contributed by atoms with Crippen LogP contribution in [0.25, 0.3) is 5.57 Å². The molecule has 1 amide bonds. The molecule has 1 unspecified atom stereocenters. The molecule has 1 aliphatic rings. The van der Waals surface area contributed by atoms with Crippen molar-refractivity contribution >= 4 is 17.2 Å². The highest BCUT2D eigenvalue weighted by molar-refractivity contribution is 6.13. The van der Waals surface area contributed by atoms with E-state index in [-0.39, 0.29) is 23.7 Å². The maximum atomic E-state index is 15.3. The van der Waals surface area contributed by atoms with Crippen LogP contribution in [0.2, 0.25) is 0 Å². The maximum Gasteiger partial charge on any atom is 0.225 e. The minimum atomic E-state index is -0.257. The Morgan fingerprint density at radius 2 is 1.84 bits per heavy atom. The monoisotopic (exact) mass is 612 g/mol. The molecule has 1 heterocycles. The van der Waals surface area contributed by atoms with Crippen LogP contribution in [0.1, 0.15) is 86.6 Å². The average molecular weight is 613 g/mol. The molecule has 5 nitrogen and oxygen atoms in total. The Labute approximate surface area is 271 Å². The van der Waals surface area contributed by atoms with E-state index in [4.69, 9.17) is 4.99 Å². The first kappa shape index (κ1) is 37.2. The van der Waals surface area contributed by atoms with Crippen LogP contribution >= 0.6 is 0 Å². The number of nitrogens with zero attached hydrogens (tertiary/aromatic N) is 4. The zero-order chi connectivity index (χ0) is 33.5. The van der Waals surface area contributed by atoms with Crippen LogP contribution in [0.15, 0.2) is 94.2 Å². The SMILES string of the molecule is C=CC=C(C)/C=C(C#N)\C=C(/C)CCCCC(=NCC)C(/C(=C\C)c1ccccc1F)=C(\C)N1CCN(C(=O)C(C)C)CC1C. The summed E-state index contributed by atoms with van der Waals surface area (Å²) < 4.78 is 15.3. The summed E-state index contributed by atoms with van der Waals surface area (Å²) in [6.45, 7) is 22.6. The number of unbranched alkanes of at least 4 members (excludes halogenated alkanes) is 1. The number of nitriles is 1. The van der Waals surface area contributed by atoms with Gasteiger partial charge in [-0.15, -0.1) is 0 Å². The predicted octanol–water partition coefficient (Wildman–Crippen LogP) is 9.24. The van der Waals surface area contributed by atoms with E-state index in [1.807, 2.05) is 76.0 Å². The Hall–Kier alpha value is -3.98. The lowest BCUT2D eigenvalue weighted by atomic mass is 9.89. The summed E-state index contributed by atoms with van der Waals surface area (Å²) in [5.41, 5.74) is 7.18. The van der Waals surface area contributed by atoms with Crippen LogP contribution in [0.3, 0.4) is 0 Å². The summed E-state index contributed by atoms with van der Waals surface area (Å²) >= 11 is 0. The Morgan fingerprint density at radius 3 is 2.42 bits per heavy atom. The Bertz CT molecular complexity index is 1420. The molecule has 0 spiro atoms. The van der Waals surface area contributed by atoms with Crippen LogP contribution in [-0.4, -0.2) is 53.6 Å². The van der Waals surface area contributed by atoms with Gasteiger partial charge in [-0.1, -0.05) is 62.4 Å². The summed E-state index contributed by atoms with van der Waals surface area (Å²) in [4.78, 5) is 22.1. The van der Waals surface area contributed by atoms with Crippen molar-refractivity contribution in [1.82, 2.24) is 9.80 Å². The Kier molecular flexibility index (Phi) is 15.5. The van der Waals surface area contributed by atoms with Crippen molar-refractivity contribution in [2.75, 3.05) is 26.2 Å². The molecule has 6 heteroatoms. The minimum absolute atomic E-state index is 0.0332. The number of halogens is 1. The van der Waals surface area contributed by atoms with Gasteiger partial charge in [0.15, 0.2) is 0 Å². The fourth-order valence-electron chi connectivity index (χ4n) is 5.93. The first-order valence-electron chi connectivity index (χ1n) is 16.3. The largest absolute Gasteiger partial charge is 0.368 e. The lowest BCUT2D eigenvalue weighted by Crippen LogP contribution is -2.54. The van der Waals surface area contributed by atoms with E-state index in [1.165, 1.54) is 6.07 Å². The number of piperazine rings is 1. The number of rotatable bonds is 14. The van der Waals surface area contributed by atoms with E-state index < -0.39 is 0 Å². The van der Waals surface area contributed by atoms with E-state index in [9.17, 15) is 10.1 Å². The topological polar surface area (TPSA) is 59.7 Å². The number of aliphatic imine (C=N–C) groups is 1. The van der Waals surface area contributed by atoms with Gasteiger partial charge in [0.25, 0.3) is 0 Å². The van der Waals surface area contributed by atoms with Crippen molar-refractivity contribution in [2.45, 2.75) is 87.1 Å². The molecule has 45 heavy (non-hydrogen) atoms. The van der Waals surface area contributed by atoms with Gasteiger partial charge in [0.2, 0.25) is 5.91 Å². The molecule has 0 aromatic heterocycles. The molecule has 1 aromatic carbocycles. The van der Waals surface area contributed by atoms with Gasteiger partial charge < -0.3 is 9.80 Å². The quantitative estimate of drug-likeness (QED) is 0.0911. The molecule has 0 bridgehead atoms. The van der Waals surface area contributed by atoms with Gasteiger partial charge >= 0.3 is 0 Å². The van der Waals surface area contributed by atoms with Crippen LogP contribution in [-0.2, 0) is 4.79 Å². The number of carbonyl (C=O) groups excluding carboxylic acids is 1. The van der Waals surface area contributed by atoms with Crippen molar-refractivity contribution in [1.29, 1.82) is 5.26 Å². The van der Waals surface area contributed by atoms with Gasteiger partial charge in [-0.05, 0) is 96.6 Å². The maximum absolute atomic E-state index is 15.3. The molecule has 0 radical (unpaired) electrons. The number of hydrogen-bond donors (Lipinski definition) is 0. The van der Waals surface area contributed by atoms with Gasteiger partial charge in [-0.3, -0.25) is 9.79 Å². The number of allylic oxidation sites excluding steroid dienone is 11. The fraction of sp³-hybridized carbons (Fsp3) is 0.462. The predicted molar refractivity (Wildman–Crippen MR) is 188 cm³/mol. The third kappa shape index (κ3) is 10.8. The summed E-state index contributed by atoms with van der Waals surface area (Å²) in [7, 11) is 0. The zero-order valence-corrected chi connectivity index (χ0v) is 28.8. The fourth-order valence-corrected chi connectivity index (χ4v) is 5.93. The van der Waals surface area contributed by atoms with Gasteiger partial charge in [0.05, 0.1) is 11.6 Å². The Balaban J connectivity index is 2.42. The van der Waals surface area contributed by atoms with Crippen molar-refractivity contribution in [3.05, 3.63) is 101 Å². The first-order valence-corrected chi connectivity index (χ1v) is 16.3. The lowest BCUT2D eigenvalue weighted by Gasteiger charge is -2.43. The number of hydrogen-bond acceptors (Lipinski definition) is 4. The molecule has 1 saturated heterocycles. The highest BCUT2D eigenvalue weighted by Gasteiger charge is 2.30. The third-order valence-electron chi connectivity index (χ3n) is 8.11. The summed E-state index contributed by atoms with van der Waals surface area (Å²) in [6.07, 6.45) is 12.9. The van der Waals surface area contributed by atoms with E-state index in [0.717, 1.165) is 59.4 Å². The van der Waals surface area contributed by atoms with Gasteiger partial charge in [-0.25, -0.2) is 4.39 Å². The highest BCUT2D eigenvalue weighted by atomic mass is 19.1. The van der Waals surface area contributed by atoms with Crippen molar-refractivity contribution in [2.24, 2.45) is 10.9 Å². The van der Waals surface area contributed by atoms with E-state index in [1.54, 1.807) is 12.1 Å². The molecule has 1 aliphatic heterocycles. The molecule has 0 saturated carbocycles. The molecular formula is C39H53FN4O. The second kappa shape index (κ2) is 18.7. The molecule has 0 aliphatic carbocycles. The molecule has 1 atom stereocenters. The van der Waals surface area contributed by atoms with Crippen molar-refractivity contribution < 1.29 is 9.18 Å². The van der Waals surface area contributed by atoms with Gasteiger partial charge in [0.1, 0.15) is 5.82 Å². The van der Waals surface area contributed by atoms with E-state index in [0.29, 0.717) is 37.3 Å². The highest BCUT2D eigenvalue weighted by Crippen LogP contribution is 2.33. The second-order valence-electron chi connectivity index (χ2n) is 12.1. The standard InChI is InChI=1S/C39H53FN4O/c1-10-17-29(6)24-33(26-41)25-30(7)18-13-16-21-37(42-12-3)38(34(11-2)35-19-14-15-20-36(35)40)32(9)44-23-22-43(27-31(44)8)39(45)28(4)5/h10-11,14-15,17,19-20,24-25,28,31H,1,12-13,16,18,21-23,27H2,2-9H3/b29-17?,30-25+,33-24+,34-11-,38-32+,42-37?. The lowest BCUT2D eigenvalue weighted by molar-refractivity contribution is -0.136. The normalized spacial score (nSPS) is 17.8. The smallest absolute Gasteiger partial charge is 0.225 e. The average Bonchev–Trinajstić information content (AvgIpc) is 3.01. The second-order valence-corrected chi connectivity index (χ2v) is 12.1. The molecule has 1 aromatic rings. The Morgan fingerprint density at radius 1 is 1.16 bits per heavy atom. The van der Waals surface area contributed by atoms with Gasteiger partial charge in [-0.2, -0.15) is 5.26 Å². The molecule has 2 rings (SSSR count). The number of carbonyl (C=O) groups is 1. The summed E-state index contributed by atoms with van der Waals surface area (Å²) in [5.74, 6) is -0.108. The van der Waals surface area contributed by atoms with E-state index in [2.05, 4.69) is 38.3 Å². The van der Waals surface area contributed by atoms with Gasteiger partial charge in [0, 0.05) is 60.7 Å². The third-order valence-corrected chi connectivity index (χ3v) is 8.11.